The van der Waals surface area contributed by atoms with Gasteiger partial charge in [0.25, 0.3) is 5.91 Å². The van der Waals surface area contributed by atoms with Gasteiger partial charge in [-0.3, -0.25) is 4.79 Å². The van der Waals surface area contributed by atoms with Gasteiger partial charge in [0, 0.05) is 37.8 Å². The second-order valence-corrected chi connectivity index (χ2v) is 7.55. The summed E-state index contributed by atoms with van der Waals surface area (Å²) in [7, 11) is 0. The summed E-state index contributed by atoms with van der Waals surface area (Å²) in [6.07, 6.45) is 1.61. The molecule has 154 valence electrons. The van der Waals surface area contributed by atoms with Gasteiger partial charge in [0.1, 0.15) is 17.9 Å². The number of amides is 1. The number of rotatable bonds is 5. The molecule has 30 heavy (non-hydrogen) atoms. The Morgan fingerprint density at radius 3 is 2.43 bits per heavy atom. The van der Waals surface area contributed by atoms with E-state index >= 15 is 0 Å². The molecule has 0 aliphatic carbocycles. The van der Waals surface area contributed by atoms with Crippen LogP contribution in [-0.4, -0.2) is 53.6 Å². The first-order valence-corrected chi connectivity index (χ1v) is 10.2. The molecule has 1 saturated heterocycles. The summed E-state index contributed by atoms with van der Waals surface area (Å²) in [5.41, 5.74) is 4.24. The zero-order chi connectivity index (χ0) is 20.9. The number of carbonyl (C=O) groups is 1. The van der Waals surface area contributed by atoms with E-state index in [2.05, 4.69) is 46.1 Å². The summed E-state index contributed by atoms with van der Waals surface area (Å²) in [6.45, 7) is 6.89. The highest BCUT2D eigenvalue weighted by Gasteiger charge is 2.22. The monoisotopic (exact) mass is 402 g/mol. The fourth-order valence-corrected chi connectivity index (χ4v) is 3.54. The molecule has 0 atom stereocenters. The largest absolute Gasteiger partial charge is 0.484 e. The van der Waals surface area contributed by atoms with Crippen LogP contribution in [0.15, 0.2) is 60.9 Å². The molecule has 3 aromatic rings. The molecule has 2 heterocycles. The molecular weight excluding hydrogens is 376 g/mol. The fraction of sp³-hybridized carbons (Fsp3) is 0.292. The van der Waals surface area contributed by atoms with Crippen LogP contribution in [0.3, 0.4) is 0 Å². The van der Waals surface area contributed by atoms with Crippen LogP contribution in [-0.2, 0) is 4.79 Å². The predicted molar refractivity (Wildman–Crippen MR) is 118 cm³/mol. The zero-order valence-corrected chi connectivity index (χ0v) is 17.4. The Balaban J connectivity index is 1.34. The number of aryl methyl sites for hydroxylation is 2. The Kier molecular flexibility index (Phi) is 5.93. The number of aromatic nitrogens is 2. The molecule has 0 radical (unpaired) electrons. The minimum atomic E-state index is 0.0148. The molecule has 1 amide bonds. The van der Waals surface area contributed by atoms with E-state index in [1.807, 2.05) is 42.2 Å². The van der Waals surface area contributed by atoms with Gasteiger partial charge in [0.05, 0.1) is 5.69 Å². The van der Waals surface area contributed by atoms with E-state index in [1.165, 1.54) is 5.56 Å². The van der Waals surface area contributed by atoms with Gasteiger partial charge in [-0.25, -0.2) is 9.97 Å². The third-order valence-corrected chi connectivity index (χ3v) is 5.40. The quantitative estimate of drug-likeness (QED) is 0.654. The minimum absolute atomic E-state index is 0.0148. The van der Waals surface area contributed by atoms with E-state index in [1.54, 1.807) is 6.33 Å². The fourth-order valence-electron chi connectivity index (χ4n) is 3.54. The topological polar surface area (TPSA) is 58.6 Å². The summed E-state index contributed by atoms with van der Waals surface area (Å²) in [4.78, 5) is 25.5. The van der Waals surface area contributed by atoms with Crippen LogP contribution >= 0.6 is 0 Å². The van der Waals surface area contributed by atoms with Crippen molar-refractivity contribution in [2.75, 3.05) is 37.7 Å². The minimum Gasteiger partial charge on any atom is -0.484 e. The lowest BCUT2D eigenvalue weighted by molar-refractivity contribution is -0.133. The van der Waals surface area contributed by atoms with Crippen LogP contribution < -0.4 is 9.64 Å². The lowest BCUT2D eigenvalue weighted by Gasteiger charge is -2.35. The maximum absolute atomic E-state index is 12.5. The Hall–Kier alpha value is -3.41. The molecule has 2 aromatic carbocycles. The van der Waals surface area contributed by atoms with Crippen molar-refractivity contribution in [2.24, 2.45) is 0 Å². The molecule has 4 rings (SSSR count). The first-order chi connectivity index (χ1) is 14.6. The molecule has 1 aliphatic rings. The third-order valence-electron chi connectivity index (χ3n) is 5.40. The summed E-state index contributed by atoms with van der Waals surface area (Å²) in [6, 6.07) is 18.1. The van der Waals surface area contributed by atoms with Gasteiger partial charge in [-0.05, 0) is 25.5 Å². The van der Waals surface area contributed by atoms with Crippen molar-refractivity contribution in [3.05, 3.63) is 72.1 Å². The van der Waals surface area contributed by atoms with Gasteiger partial charge in [0.15, 0.2) is 6.61 Å². The first-order valence-electron chi connectivity index (χ1n) is 10.2. The number of benzene rings is 2. The highest BCUT2D eigenvalue weighted by molar-refractivity contribution is 5.78. The van der Waals surface area contributed by atoms with Gasteiger partial charge < -0.3 is 14.5 Å². The van der Waals surface area contributed by atoms with Gasteiger partial charge in [-0.2, -0.15) is 0 Å². The van der Waals surface area contributed by atoms with E-state index in [9.17, 15) is 4.79 Å². The highest BCUT2D eigenvalue weighted by Crippen LogP contribution is 2.22. The molecule has 6 heteroatoms. The van der Waals surface area contributed by atoms with Crippen molar-refractivity contribution in [3.63, 3.8) is 0 Å². The van der Waals surface area contributed by atoms with E-state index < -0.39 is 0 Å². The average Bonchev–Trinajstić information content (AvgIpc) is 2.79. The van der Waals surface area contributed by atoms with E-state index in [0.29, 0.717) is 13.1 Å². The first kappa shape index (κ1) is 19.9. The summed E-state index contributed by atoms with van der Waals surface area (Å²) in [5, 5.41) is 0. The highest BCUT2D eigenvalue weighted by atomic mass is 16.5. The van der Waals surface area contributed by atoms with Crippen LogP contribution in [0.4, 0.5) is 5.82 Å². The van der Waals surface area contributed by atoms with Crippen molar-refractivity contribution in [1.82, 2.24) is 14.9 Å². The van der Waals surface area contributed by atoms with Crippen LogP contribution in [0, 0.1) is 13.8 Å². The van der Waals surface area contributed by atoms with Crippen molar-refractivity contribution in [2.45, 2.75) is 13.8 Å². The van der Waals surface area contributed by atoms with Crippen molar-refractivity contribution < 1.29 is 9.53 Å². The van der Waals surface area contributed by atoms with E-state index in [0.717, 1.165) is 41.5 Å². The van der Waals surface area contributed by atoms with Crippen LogP contribution in [0.5, 0.6) is 5.75 Å². The number of para-hydroxylation sites is 1. The van der Waals surface area contributed by atoms with Crippen LogP contribution in [0.1, 0.15) is 11.1 Å². The number of anilines is 1. The number of ether oxygens (including phenoxy) is 1. The van der Waals surface area contributed by atoms with Gasteiger partial charge in [-0.15, -0.1) is 0 Å². The smallest absolute Gasteiger partial charge is 0.260 e. The molecule has 1 aromatic heterocycles. The SMILES string of the molecule is Cc1ccc(-c2cc(N3CCN(C(=O)COc4ccccc4C)CC3)ncn2)cc1. The Bertz CT molecular complexity index is 1010. The summed E-state index contributed by atoms with van der Waals surface area (Å²) in [5.74, 6) is 1.67. The molecule has 0 saturated carbocycles. The summed E-state index contributed by atoms with van der Waals surface area (Å²) < 4.78 is 5.71. The third kappa shape index (κ3) is 4.59. The molecule has 0 N–H and O–H groups in total. The number of hydrogen-bond donors (Lipinski definition) is 0. The molecule has 0 bridgehead atoms. The molecule has 0 spiro atoms. The zero-order valence-electron chi connectivity index (χ0n) is 17.4. The Labute approximate surface area is 177 Å². The van der Waals surface area contributed by atoms with Crippen molar-refractivity contribution >= 4 is 11.7 Å². The number of carbonyl (C=O) groups excluding carboxylic acids is 1. The average molecular weight is 402 g/mol. The maximum Gasteiger partial charge on any atom is 0.260 e. The maximum atomic E-state index is 12.5. The van der Waals surface area contributed by atoms with Gasteiger partial charge in [0.2, 0.25) is 0 Å². The van der Waals surface area contributed by atoms with Crippen LogP contribution in [0.2, 0.25) is 0 Å². The second kappa shape index (κ2) is 8.95. The van der Waals surface area contributed by atoms with Gasteiger partial charge in [-0.1, -0.05) is 48.0 Å². The Morgan fingerprint density at radius 1 is 0.967 bits per heavy atom. The number of nitrogens with zero attached hydrogens (tertiary/aromatic N) is 4. The predicted octanol–water partition coefficient (Wildman–Crippen LogP) is 3.49. The molecular formula is C24H26N4O2. The normalized spacial score (nSPS) is 13.9. The Morgan fingerprint density at radius 2 is 1.70 bits per heavy atom. The number of hydrogen-bond acceptors (Lipinski definition) is 5. The van der Waals surface area contributed by atoms with Crippen molar-refractivity contribution in [3.8, 4) is 17.0 Å². The number of piperazine rings is 1. The molecule has 6 nitrogen and oxygen atoms in total. The van der Waals surface area contributed by atoms with E-state index in [4.69, 9.17) is 4.74 Å². The molecule has 1 fully saturated rings. The lowest BCUT2D eigenvalue weighted by atomic mass is 10.1. The standard InChI is InChI=1S/C24H26N4O2/c1-18-7-9-20(10-8-18)21-15-23(26-17-25-21)27-11-13-28(14-12-27)24(29)16-30-22-6-4-3-5-19(22)2/h3-10,15,17H,11-14,16H2,1-2H3. The second-order valence-electron chi connectivity index (χ2n) is 7.55. The summed E-state index contributed by atoms with van der Waals surface area (Å²) >= 11 is 0. The van der Waals surface area contributed by atoms with E-state index in [-0.39, 0.29) is 12.5 Å². The van der Waals surface area contributed by atoms with Crippen LogP contribution in [0.25, 0.3) is 11.3 Å². The van der Waals surface area contributed by atoms with Crippen molar-refractivity contribution in [1.29, 1.82) is 0 Å². The molecule has 1 aliphatic heterocycles. The lowest BCUT2D eigenvalue weighted by Crippen LogP contribution is -2.50. The molecule has 0 unspecified atom stereocenters. The van der Waals surface area contributed by atoms with Gasteiger partial charge >= 0.3 is 0 Å².